The minimum absolute atomic E-state index is 0.0147. The highest BCUT2D eigenvalue weighted by Crippen LogP contribution is 2.32. The van der Waals surface area contributed by atoms with Crippen molar-refractivity contribution in [3.05, 3.63) is 98.7 Å². The van der Waals surface area contributed by atoms with E-state index in [1.54, 1.807) is 6.07 Å². The lowest BCUT2D eigenvalue weighted by atomic mass is 9.98. The lowest BCUT2D eigenvalue weighted by Crippen LogP contribution is -2.29. The summed E-state index contributed by atoms with van der Waals surface area (Å²) in [5, 5.41) is 4.02. The molecule has 0 spiro atoms. The molecule has 2 heterocycles. The van der Waals surface area contributed by atoms with E-state index in [2.05, 4.69) is 34.5 Å². The van der Waals surface area contributed by atoms with Crippen LogP contribution in [0.1, 0.15) is 64.8 Å². The lowest BCUT2D eigenvalue weighted by Gasteiger charge is -2.26. The van der Waals surface area contributed by atoms with Crippen LogP contribution in [-0.4, -0.2) is 24.3 Å². The second-order valence-corrected chi connectivity index (χ2v) is 10.2. The Hall–Kier alpha value is -3.70. The highest BCUT2D eigenvalue weighted by atomic mass is 16.3. The molecular formula is C32H34N2O3. The van der Waals surface area contributed by atoms with E-state index in [9.17, 15) is 9.59 Å². The quantitative estimate of drug-likeness (QED) is 0.279. The molecule has 0 saturated carbocycles. The zero-order chi connectivity index (χ0) is 25.9. The molecule has 0 amide bonds. The van der Waals surface area contributed by atoms with Gasteiger partial charge in [-0.25, -0.2) is 0 Å². The summed E-state index contributed by atoms with van der Waals surface area (Å²) in [5.74, 6) is 0.604. The topological polar surface area (TPSA) is 62.6 Å². The number of nitrogens with one attached hydrogen (secondary N) is 1. The second-order valence-electron chi connectivity index (χ2n) is 10.2. The van der Waals surface area contributed by atoms with Crippen molar-refractivity contribution in [2.24, 2.45) is 0 Å². The van der Waals surface area contributed by atoms with Crippen LogP contribution in [0.4, 0.5) is 5.69 Å². The summed E-state index contributed by atoms with van der Waals surface area (Å²) in [7, 11) is 0. The number of anilines is 1. The number of likely N-dealkylation sites (tertiary alicyclic amines) is 1. The molecule has 4 aromatic rings. The molecule has 1 N–H and O–H groups in total. The molecule has 1 fully saturated rings. The number of aldehydes is 1. The third-order valence-corrected chi connectivity index (χ3v) is 7.39. The standard InChI is InChI=1S/C32H34N2O3/c1-21-17-27(23(3)33-29-10-6-5-9-26(29)20-35)32-28(18-21)30(36)22(2)31(37-32)25-13-11-24(12-14-25)19-34-15-7-4-8-16-34/h5-6,9-14,17-18,20,23,33H,4,7-8,15-16,19H2,1-3H3. The monoisotopic (exact) mass is 494 g/mol. The first-order chi connectivity index (χ1) is 17.9. The molecule has 1 aliphatic heterocycles. The molecule has 0 bridgehead atoms. The summed E-state index contributed by atoms with van der Waals surface area (Å²) in [6.07, 6.45) is 4.72. The maximum Gasteiger partial charge on any atom is 0.196 e. The number of rotatable bonds is 7. The van der Waals surface area contributed by atoms with Gasteiger partial charge < -0.3 is 9.73 Å². The third kappa shape index (κ3) is 5.23. The second kappa shape index (κ2) is 10.7. The smallest absolute Gasteiger partial charge is 0.196 e. The van der Waals surface area contributed by atoms with Crippen LogP contribution in [0.2, 0.25) is 0 Å². The van der Waals surface area contributed by atoms with Gasteiger partial charge in [0.25, 0.3) is 0 Å². The Morgan fingerprint density at radius 1 is 1.00 bits per heavy atom. The summed E-state index contributed by atoms with van der Waals surface area (Å²) >= 11 is 0. The van der Waals surface area contributed by atoms with Crippen LogP contribution in [0.15, 0.2) is 69.9 Å². The fourth-order valence-electron chi connectivity index (χ4n) is 5.34. The van der Waals surface area contributed by atoms with Crippen molar-refractivity contribution in [1.29, 1.82) is 0 Å². The van der Waals surface area contributed by atoms with Gasteiger partial charge in [-0.2, -0.15) is 0 Å². The summed E-state index contributed by atoms with van der Waals surface area (Å²) < 4.78 is 6.53. The molecule has 1 unspecified atom stereocenters. The van der Waals surface area contributed by atoms with Crippen molar-refractivity contribution in [3.8, 4) is 11.3 Å². The Bertz CT molecular complexity index is 1480. The minimum atomic E-state index is -0.186. The van der Waals surface area contributed by atoms with E-state index < -0.39 is 0 Å². The molecule has 5 nitrogen and oxygen atoms in total. The number of fused-ring (bicyclic) bond motifs is 1. The normalized spacial score (nSPS) is 15.0. The highest BCUT2D eigenvalue weighted by Gasteiger charge is 2.20. The number of piperidine rings is 1. The number of hydrogen-bond acceptors (Lipinski definition) is 5. The van der Waals surface area contributed by atoms with Crippen LogP contribution in [0.3, 0.4) is 0 Å². The first-order valence-corrected chi connectivity index (χ1v) is 13.1. The van der Waals surface area contributed by atoms with Gasteiger partial charge in [-0.3, -0.25) is 14.5 Å². The molecule has 37 heavy (non-hydrogen) atoms. The number of carbonyl (C=O) groups excluding carboxylic acids is 1. The Balaban J connectivity index is 1.52. The van der Waals surface area contributed by atoms with E-state index in [1.807, 2.05) is 51.1 Å². The molecule has 0 aliphatic carbocycles. The van der Waals surface area contributed by atoms with E-state index in [4.69, 9.17) is 4.42 Å². The molecule has 3 aromatic carbocycles. The fourth-order valence-corrected chi connectivity index (χ4v) is 5.34. The largest absolute Gasteiger partial charge is 0.455 e. The van der Waals surface area contributed by atoms with Crippen molar-refractivity contribution in [2.45, 2.75) is 52.6 Å². The molecule has 1 saturated heterocycles. The minimum Gasteiger partial charge on any atom is -0.455 e. The van der Waals surface area contributed by atoms with Crippen LogP contribution in [0.25, 0.3) is 22.3 Å². The Labute approximate surface area is 218 Å². The number of benzene rings is 3. The molecule has 1 atom stereocenters. The summed E-state index contributed by atoms with van der Waals surface area (Å²) in [5.41, 5.74) is 6.56. The van der Waals surface area contributed by atoms with E-state index in [0.29, 0.717) is 27.9 Å². The predicted molar refractivity (Wildman–Crippen MR) is 150 cm³/mol. The molecule has 5 rings (SSSR count). The number of carbonyl (C=O) groups is 1. The van der Waals surface area contributed by atoms with Crippen LogP contribution < -0.4 is 10.7 Å². The molecule has 1 aromatic heterocycles. The van der Waals surface area contributed by atoms with Crippen molar-refractivity contribution < 1.29 is 9.21 Å². The van der Waals surface area contributed by atoms with Gasteiger partial charge in [0.1, 0.15) is 11.3 Å². The van der Waals surface area contributed by atoms with Gasteiger partial charge >= 0.3 is 0 Å². The van der Waals surface area contributed by atoms with Crippen molar-refractivity contribution >= 4 is 22.9 Å². The fraction of sp³-hybridized carbons (Fsp3) is 0.312. The van der Waals surface area contributed by atoms with Gasteiger partial charge in [-0.15, -0.1) is 0 Å². The van der Waals surface area contributed by atoms with Crippen LogP contribution in [-0.2, 0) is 6.54 Å². The van der Waals surface area contributed by atoms with Crippen LogP contribution in [0.5, 0.6) is 0 Å². The maximum absolute atomic E-state index is 13.5. The summed E-state index contributed by atoms with van der Waals surface area (Å²) in [6.45, 7) is 9.11. The van der Waals surface area contributed by atoms with Crippen LogP contribution in [0, 0.1) is 13.8 Å². The van der Waals surface area contributed by atoms with Crippen LogP contribution >= 0.6 is 0 Å². The van der Waals surface area contributed by atoms with Crippen molar-refractivity contribution in [2.75, 3.05) is 18.4 Å². The molecular weight excluding hydrogens is 460 g/mol. The van der Waals surface area contributed by atoms with Gasteiger partial charge in [0.15, 0.2) is 11.7 Å². The van der Waals surface area contributed by atoms with Gasteiger partial charge in [-0.1, -0.05) is 48.9 Å². The number of hydrogen-bond donors (Lipinski definition) is 1. The maximum atomic E-state index is 13.5. The van der Waals surface area contributed by atoms with Crippen molar-refractivity contribution in [1.82, 2.24) is 4.90 Å². The molecule has 1 aliphatic rings. The SMILES string of the molecule is Cc1cc(C(C)Nc2ccccc2C=O)c2oc(-c3ccc(CN4CCCCC4)cc3)c(C)c(=O)c2c1. The average molecular weight is 495 g/mol. The summed E-state index contributed by atoms with van der Waals surface area (Å²) in [4.78, 5) is 27.5. The summed E-state index contributed by atoms with van der Waals surface area (Å²) in [6, 6.07) is 19.6. The van der Waals surface area contributed by atoms with E-state index in [1.165, 1.54) is 24.8 Å². The van der Waals surface area contributed by atoms with E-state index in [0.717, 1.165) is 48.3 Å². The zero-order valence-corrected chi connectivity index (χ0v) is 21.8. The Morgan fingerprint density at radius 2 is 1.73 bits per heavy atom. The Morgan fingerprint density at radius 3 is 2.46 bits per heavy atom. The van der Waals surface area contributed by atoms with Gasteiger partial charge in [-0.05, 0) is 76.0 Å². The lowest BCUT2D eigenvalue weighted by molar-refractivity contribution is 0.112. The van der Waals surface area contributed by atoms with E-state index >= 15 is 0 Å². The highest BCUT2D eigenvalue weighted by molar-refractivity contribution is 5.86. The van der Waals surface area contributed by atoms with Crippen molar-refractivity contribution in [3.63, 3.8) is 0 Å². The van der Waals surface area contributed by atoms with Gasteiger partial charge in [0.2, 0.25) is 0 Å². The van der Waals surface area contributed by atoms with Gasteiger partial charge in [0, 0.05) is 34.5 Å². The Kier molecular flexibility index (Phi) is 7.24. The average Bonchev–Trinajstić information content (AvgIpc) is 2.92. The third-order valence-electron chi connectivity index (χ3n) is 7.39. The number of para-hydroxylation sites is 1. The number of nitrogens with zero attached hydrogens (tertiary/aromatic N) is 1. The first-order valence-electron chi connectivity index (χ1n) is 13.1. The number of aryl methyl sites for hydroxylation is 1. The van der Waals surface area contributed by atoms with E-state index in [-0.39, 0.29) is 11.5 Å². The molecule has 0 radical (unpaired) electrons. The first kappa shape index (κ1) is 25.0. The zero-order valence-electron chi connectivity index (χ0n) is 21.8. The molecule has 5 heteroatoms. The van der Waals surface area contributed by atoms with Gasteiger partial charge in [0.05, 0.1) is 11.4 Å². The predicted octanol–water partition coefficient (Wildman–Crippen LogP) is 7.05. The molecule has 190 valence electrons.